The molecule has 104 valence electrons. The third kappa shape index (κ3) is 2.28. The van der Waals surface area contributed by atoms with Crippen molar-refractivity contribution in [2.24, 2.45) is 16.7 Å². The van der Waals surface area contributed by atoms with Gasteiger partial charge in [-0.15, -0.1) is 0 Å². The van der Waals surface area contributed by atoms with Crippen molar-refractivity contribution in [3.8, 4) is 0 Å². The standard InChI is InChI=1S/C14H25NO3/c1-13(2)9-4-5-14(3,7-9)12(13)15-8-10(16)6-11(17)18/h9-10,12,15-16H,4-8H2,1-3H3,(H,17,18). The summed E-state index contributed by atoms with van der Waals surface area (Å²) in [6.45, 7) is 7.29. The van der Waals surface area contributed by atoms with Crippen molar-refractivity contribution < 1.29 is 15.0 Å². The van der Waals surface area contributed by atoms with Crippen molar-refractivity contribution >= 4 is 5.97 Å². The van der Waals surface area contributed by atoms with Gasteiger partial charge in [-0.3, -0.25) is 4.79 Å². The molecule has 3 N–H and O–H groups in total. The number of aliphatic carboxylic acids is 1. The maximum atomic E-state index is 10.5. The Kier molecular flexibility index (Phi) is 3.45. The lowest BCUT2D eigenvalue weighted by molar-refractivity contribution is -0.139. The van der Waals surface area contributed by atoms with Gasteiger partial charge in [0.05, 0.1) is 12.5 Å². The van der Waals surface area contributed by atoms with Crippen LogP contribution in [0.1, 0.15) is 46.5 Å². The summed E-state index contributed by atoms with van der Waals surface area (Å²) in [5.41, 5.74) is 0.563. The van der Waals surface area contributed by atoms with Crippen LogP contribution in [0.4, 0.5) is 0 Å². The first-order valence-electron chi connectivity index (χ1n) is 6.89. The van der Waals surface area contributed by atoms with Crippen LogP contribution in [-0.4, -0.2) is 34.9 Å². The fraction of sp³-hybridized carbons (Fsp3) is 0.929. The summed E-state index contributed by atoms with van der Waals surface area (Å²) in [7, 11) is 0. The molecule has 2 rings (SSSR count). The molecule has 0 amide bonds. The highest BCUT2D eigenvalue weighted by atomic mass is 16.4. The van der Waals surface area contributed by atoms with E-state index >= 15 is 0 Å². The maximum absolute atomic E-state index is 10.5. The Balaban J connectivity index is 1.95. The number of aliphatic hydroxyl groups is 1. The number of hydrogen-bond acceptors (Lipinski definition) is 3. The van der Waals surface area contributed by atoms with E-state index < -0.39 is 12.1 Å². The smallest absolute Gasteiger partial charge is 0.306 e. The number of nitrogens with one attached hydrogen (secondary N) is 1. The van der Waals surface area contributed by atoms with Gasteiger partial charge in [0, 0.05) is 12.6 Å². The van der Waals surface area contributed by atoms with E-state index in [1.807, 2.05) is 0 Å². The third-order valence-electron chi connectivity index (χ3n) is 5.24. The topological polar surface area (TPSA) is 69.6 Å². The fourth-order valence-corrected chi connectivity index (χ4v) is 4.34. The van der Waals surface area contributed by atoms with Gasteiger partial charge in [0.25, 0.3) is 0 Å². The zero-order valence-electron chi connectivity index (χ0n) is 11.6. The summed E-state index contributed by atoms with van der Waals surface area (Å²) in [6, 6.07) is 0.382. The first kappa shape index (κ1) is 13.8. The summed E-state index contributed by atoms with van der Waals surface area (Å²) in [5, 5.41) is 21.7. The molecule has 2 aliphatic rings. The molecule has 4 unspecified atom stereocenters. The van der Waals surface area contributed by atoms with Crippen LogP contribution in [0, 0.1) is 16.7 Å². The molecule has 0 aromatic heterocycles. The van der Waals surface area contributed by atoms with Crippen LogP contribution in [0.3, 0.4) is 0 Å². The average Bonchev–Trinajstić information content (AvgIpc) is 2.67. The minimum atomic E-state index is -0.942. The molecule has 18 heavy (non-hydrogen) atoms. The van der Waals surface area contributed by atoms with Gasteiger partial charge in [0.1, 0.15) is 0 Å². The highest BCUT2D eigenvalue weighted by Gasteiger charge is 2.58. The molecule has 0 saturated heterocycles. The average molecular weight is 255 g/mol. The summed E-state index contributed by atoms with van der Waals surface area (Å²) in [6.07, 6.45) is 2.83. The van der Waals surface area contributed by atoms with Crippen molar-refractivity contribution in [2.75, 3.05) is 6.54 Å². The van der Waals surface area contributed by atoms with Crippen LogP contribution >= 0.6 is 0 Å². The Morgan fingerprint density at radius 1 is 1.44 bits per heavy atom. The van der Waals surface area contributed by atoms with Crippen LogP contribution in [0.15, 0.2) is 0 Å². The molecule has 2 fully saturated rings. The summed E-state index contributed by atoms with van der Waals surface area (Å²) >= 11 is 0. The van der Waals surface area contributed by atoms with Gasteiger partial charge in [0.2, 0.25) is 0 Å². The van der Waals surface area contributed by atoms with E-state index in [4.69, 9.17) is 5.11 Å². The first-order chi connectivity index (χ1) is 8.25. The van der Waals surface area contributed by atoms with Crippen LogP contribution < -0.4 is 5.32 Å². The molecule has 2 bridgehead atoms. The Morgan fingerprint density at radius 3 is 2.61 bits per heavy atom. The highest BCUT2D eigenvalue weighted by Crippen LogP contribution is 2.62. The monoisotopic (exact) mass is 255 g/mol. The van der Waals surface area contributed by atoms with E-state index in [1.165, 1.54) is 19.3 Å². The quantitative estimate of drug-likeness (QED) is 0.698. The summed E-state index contributed by atoms with van der Waals surface area (Å²) in [5.74, 6) is -0.181. The van der Waals surface area contributed by atoms with Gasteiger partial charge >= 0.3 is 5.97 Å². The highest BCUT2D eigenvalue weighted by molar-refractivity contribution is 5.67. The predicted octanol–water partition coefficient (Wildman–Crippen LogP) is 1.63. The van der Waals surface area contributed by atoms with E-state index in [-0.39, 0.29) is 11.8 Å². The molecule has 0 aliphatic heterocycles. The zero-order chi connectivity index (χ0) is 13.6. The van der Waals surface area contributed by atoms with Crippen molar-refractivity contribution in [2.45, 2.75) is 58.6 Å². The minimum absolute atomic E-state index is 0.180. The van der Waals surface area contributed by atoms with Crippen molar-refractivity contribution in [1.82, 2.24) is 5.32 Å². The molecular weight excluding hydrogens is 230 g/mol. The SMILES string of the molecule is CC12CCC(C1)C(C)(C)C2NCC(O)CC(=O)O. The normalized spacial score (nSPS) is 38.9. The van der Waals surface area contributed by atoms with Gasteiger partial charge in [-0.05, 0) is 36.0 Å². The lowest BCUT2D eigenvalue weighted by Gasteiger charge is -2.43. The maximum Gasteiger partial charge on any atom is 0.306 e. The Labute approximate surface area is 109 Å². The number of carboxylic acids is 1. The van der Waals surface area contributed by atoms with Crippen LogP contribution in [0.2, 0.25) is 0 Å². The Bertz CT molecular complexity index is 337. The molecule has 4 nitrogen and oxygen atoms in total. The number of carbonyl (C=O) groups is 1. The number of hydrogen-bond donors (Lipinski definition) is 3. The number of carboxylic acid groups (broad SMARTS) is 1. The van der Waals surface area contributed by atoms with Gasteiger partial charge in [0.15, 0.2) is 0 Å². The minimum Gasteiger partial charge on any atom is -0.481 e. The van der Waals surface area contributed by atoms with Crippen LogP contribution in [0.25, 0.3) is 0 Å². The van der Waals surface area contributed by atoms with E-state index in [0.717, 1.165) is 5.92 Å². The number of rotatable bonds is 5. The lowest BCUT2D eigenvalue weighted by atomic mass is 9.68. The largest absolute Gasteiger partial charge is 0.481 e. The molecule has 0 aromatic carbocycles. The second-order valence-corrected chi connectivity index (χ2v) is 7.01. The molecule has 4 atom stereocenters. The van der Waals surface area contributed by atoms with Crippen molar-refractivity contribution in [3.63, 3.8) is 0 Å². The molecule has 0 aromatic rings. The van der Waals surface area contributed by atoms with Gasteiger partial charge in [-0.2, -0.15) is 0 Å². The first-order valence-corrected chi connectivity index (χ1v) is 6.89. The van der Waals surface area contributed by atoms with E-state index in [2.05, 4.69) is 26.1 Å². The summed E-state index contributed by atoms with van der Waals surface area (Å²) < 4.78 is 0. The number of aliphatic hydroxyl groups excluding tert-OH is 1. The van der Waals surface area contributed by atoms with Gasteiger partial charge < -0.3 is 15.5 Å². The van der Waals surface area contributed by atoms with E-state index in [0.29, 0.717) is 18.0 Å². The fourth-order valence-electron chi connectivity index (χ4n) is 4.34. The second-order valence-electron chi connectivity index (χ2n) is 7.01. The second kappa shape index (κ2) is 4.49. The molecule has 2 saturated carbocycles. The Hall–Kier alpha value is -0.610. The van der Waals surface area contributed by atoms with Gasteiger partial charge in [-0.25, -0.2) is 0 Å². The van der Waals surface area contributed by atoms with Crippen LogP contribution in [-0.2, 0) is 4.79 Å². The molecular formula is C14H25NO3. The van der Waals surface area contributed by atoms with Crippen LogP contribution in [0.5, 0.6) is 0 Å². The molecule has 0 radical (unpaired) electrons. The van der Waals surface area contributed by atoms with Crippen molar-refractivity contribution in [1.29, 1.82) is 0 Å². The molecule has 2 aliphatic carbocycles. The molecule has 0 heterocycles. The lowest BCUT2D eigenvalue weighted by Crippen LogP contribution is -2.52. The van der Waals surface area contributed by atoms with Crippen molar-refractivity contribution in [3.05, 3.63) is 0 Å². The van der Waals surface area contributed by atoms with Gasteiger partial charge in [-0.1, -0.05) is 20.8 Å². The Morgan fingerprint density at radius 2 is 2.11 bits per heavy atom. The summed E-state index contributed by atoms with van der Waals surface area (Å²) in [4.78, 5) is 10.5. The number of fused-ring (bicyclic) bond motifs is 2. The zero-order valence-corrected chi connectivity index (χ0v) is 11.6. The third-order valence-corrected chi connectivity index (χ3v) is 5.24. The molecule has 0 spiro atoms. The predicted molar refractivity (Wildman–Crippen MR) is 69.3 cm³/mol. The van der Waals surface area contributed by atoms with E-state index in [9.17, 15) is 9.90 Å². The van der Waals surface area contributed by atoms with E-state index in [1.54, 1.807) is 0 Å². The molecule has 4 heteroatoms.